The molecule has 3 heterocycles. The highest BCUT2D eigenvalue weighted by molar-refractivity contribution is 5.94. The fourth-order valence-corrected chi connectivity index (χ4v) is 4.83. The van der Waals surface area contributed by atoms with Crippen LogP contribution in [0.15, 0.2) is 12.1 Å². The van der Waals surface area contributed by atoms with Crippen molar-refractivity contribution < 1.29 is 41.0 Å². The number of aliphatic hydroxyl groups excluding tert-OH is 1. The van der Waals surface area contributed by atoms with E-state index in [-0.39, 0.29) is 56.9 Å². The molecule has 2 aliphatic rings. The Morgan fingerprint density at radius 2 is 1.81 bits per heavy atom. The maximum Gasteiger partial charge on any atom is 0.449 e. The third kappa shape index (κ3) is 5.44. The highest BCUT2D eigenvalue weighted by Crippen LogP contribution is 2.33. The number of amides is 2. The summed E-state index contributed by atoms with van der Waals surface area (Å²) in [7, 11) is 0. The molecule has 0 unspecified atom stereocenters. The van der Waals surface area contributed by atoms with E-state index in [9.17, 15) is 41.0 Å². The number of nitrogens with two attached hydrogens (primary N) is 1. The average Bonchev–Trinajstić information content (AvgIpc) is 3.46. The molecule has 2 amide bonds. The lowest BCUT2D eigenvalue weighted by atomic mass is 10.0. The number of imidazole rings is 1. The molecule has 3 N–H and O–H groups in total. The van der Waals surface area contributed by atoms with Gasteiger partial charge in [0.15, 0.2) is 17.3 Å². The molecule has 37 heavy (non-hydrogen) atoms. The third-order valence-electron chi connectivity index (χ3n) is 6.67. The van der Waals surface area contributed by atoms with Crippen LogP contribution < -0.4 is 5.73 Å². The zero-order chi connectivity index (χ0) is 27.1. The van der Waals surface area contributed by atoms with Gasteiger partial charge in [-0.3, -0.25) is 9.59 Å². The fourth-order valence-electron chi connectivity index (χ4n) is 4.83. The van der Waals surface area contributed by atoms with Gasteiger partial charge < -0.3 is 25.2 Å². The van der Waals surface area contributed by atoms with Gasteiger partial charge in [0.1, 0.15) is 5.82 Å². The Bertz CT molecular complexity index is 1200. The summed E-state index contributed by atoms with van der Waals surface area (Å²) in [5.41, 5.74) is 5.20. The Morgan fingerprint density at radius 1 is 1.11 bits per heavy atom. The van der Waals surface area contributed by atoms with Crippen LogP contribution in [0.2, 0.25) is 0 Å². The molecule has 0 aliphatic carbocycles. The van der Waals surface area contributed by atoms with Crippen molar-refractivity contribution in [2.24, 2.45) is 5.73 Å². The van der Waals surface area contributed by atoms with E-state index in [1.165, 1.54) is 9.80 Å². The molecule has 0 bridgehead atoms. The number of aromatic nitrogens is 2. The molecular weight excluding hydrogens is 508 g/mol. The molecule has 1 fully saturated rings. The van der Waals surface area contributed by atoms with E-state index in [0.717, 1.165) is 4.57 Å². The summed E-state index contributed by atoms with van der Waals surface area (Å²) in [5, 5.41) is 9.53. The number of nitrogens with zero attached hydrogens (tertiary/aromatic N) is 4. The van der Waals surface area contributed by atoms with Gasteiger partial charge in [0.25, 0.3) is 5.91 Å². The first-order valence-corrected chi connectivity index (χ1v) is 11.7. The molecule has 2 atom stereocenters. The average molecular weight is 533 g/mol. The molecule has 1 aromatic carbocycles. The number of halogens is 6. The zero-order valence-electron chi connectivity index (χ0n) is 19.6. The Hall–Kier alpha value is -3.13. The molecule has 4 rings (SSSR count). The molecule has 0 radical (unpaired) electrons. The molecule has 1 saturated heterocycles. The van der Waals surface area contributed by atoms with Gasteiger partial charge in [0, 0.05) is 38.2 Å². The van der Waals surface area contributed by atoms with Crippen LogP contribution in [-0.4, -0.2) is 68.1 Å². The van der Waals surface area contributed by atoms with Crippen LogP contribution in [0.5, 0.6) is 0 Å². The Labute approximate surface area is 207 Å². The quantitative estimate of drug-likeness (QED) is 0.438. The first kappa shape index (κ1) is 26.9. The minimum Gasteiger partial charge on any atom is -0.394 e. The largest absolute Gasteiger partial charge is 0.449 e. The van der Waals surface area contributed by atoms with Gasteiger partial charge in [-0.05, 0) is 30.9 Å². The molecule has 1 aromatic heterocycles. The van der Waals surface area contributed by atoms with Crippen LogP contribution in [0.1, 0.15) is 46.8 Å². The minimum absolute atomic E-state index is 0.0827. The number of hydrogen-bond acceptors (Lipinski definition) is 5. The van der Waals surface area contributed by atoms with Crippen molar-refractivity contribution in [1.29, 1.82) is 0 Å². The van der Waals surface area contributed by atoms with Crippen LogP contribution in [-0.2, 0) is 30.5 Å². The van der Waals surface area contributed by atoms with Crippen molar-refractivity contribution in [1.82, 2.24) is 19.4 Å². The number of hydrogen-bond donors (Lipinski definition) is 2. The molecule has 2 aromatic rings. The van der Waals surface area contributed by atoms with Gasteiger partial charge in [-0.1, -0.05) is 0 Å². The van der Waals surface area contributed by atoms with Crippen molar-refractivity contribution in [3.8, 4) is 0 Å². The number of fused-ring (bicyclic) bond motifs is 1. The first-order valence-electron chi connectivity index (χ1n) is 11.7. The Balaban J connectivity index is 1.53. The second kappa shape index (κ2) is 10.3. The summed E-state index contributed by atoms with van der Waals surface area (Å²) in [6.45, 7) is -0.807. The lowest BCUT2D eigenvalue weighted by Gasteiger charge is -2.31. The number of rotatable bonds is 6. The molecule has 202 valence electrons. The van der Waals surface area contributed by atoms with E-state index in [2.05, 4.69) is 4.98 Å². The Kier molecular flexibility index (Phi) is 7.51. The van der Waals surface area contributed by atoms with Gasteiger partial charge >= 0.3 is 6.18 Å². The van der Waals surface area contributed by atoms with Crippen LogP contribution in [0.4, 0.5) is 26.3 Å². The van der Waals surface area contributed by atoms with Gasteiger partial charge in [-0.2, -0.15) is 13.2 Å². The number of alkyl halides is 3. The molecule has 0 saturated carbocycles. The highest BCUT2D eigenvalue weighted by atomic mass is 19.4. The minimum atomic E-state index is -4.84. The lowest BCUT2D eigenvalue weighted by Crippen LogP contribution is -2.43. The number of carbonyl (C=O) groups is 2. The molecule has 2 aliphatic heterocycles. The number of aliphatic hydroxyl groups is 1. The van der Waals surface area contributed by atoms with E-state index < -0.39 is 59.0 Å². The van der Waals surface area contributed by atoms with Crippen LogP contribution in [0.25, 0.3) is 0 Å². The summed E-state index contributed by atoms with van der Waals surface area (Å²) in [4.78, 5) is 32.1. The van der Waals surface area contributed by atoms with Crippen molar-refractivity contribution in [2.45, 2.75) is 57.0 Å². The predicted molar refractivity (Wildman–Crippen MR) is 116 cm³/mol. The summed E-state index contributed by atoms with van der Waals surface area (Å²) < 4.78 is 82.4. The standard InChI is InChI=1S/C23H25F6N5O3/c24-15-9-17(26)16(25)7-12(15)6-13(30)8-19(36)32-4-5-34-18(10-32)20(31-22(34)23(27,28)29)21(37)33-3-1-2-14(33)11-35/h7,9,13-14,35H,1-6,8,10-11,30H2/t13-,14-/m1/s1. The van der Waals surface area contributed by atoms with E-state index in [0.29, 0.717) is 25.0 Å². The van der Waals surface area contributed by atoms with Crippen LogP contribution >= 0.6 is 0 Å². The Morgan fingerprint density at radius 3 is 2.49 bits per heavy atom. The van der Waals surface area contributed by atoms with Crippen LogP contribution in [0.3, 0.4) is 0 Å². The summed E-state index contributed by atoms with van der Waals surface area (Å²) in [5.74, 6) is -6.21. The monoisotopic (exact) mass is 533 g/mol. The summed E-state index contributed by atoms with van der Waals surface area (Å²) >= 11 is 0. The normalized spacial score (nSPS) is 18.8. The fraction of sp³-hybridized carbons (Fsp3) is 0.522. The molecular formula is C23H25F6N5O3. The zero-order valence-corrected chi connectivity index (χ0v) is 19.6. The smallest absolute Gasteiger partial charge is 0.394 e. The number of carbonyl (C=O) groups excluding carboxylic acids is 2. The second-order valence-corrected chi connectivity index (χ2v) is 9.20. The highest BCUT2D eigenvalue weighted by Gasteiger charge is 2.43. The van der Waals surface area contributed by atoms with Crippen molar-refractivity contribution >= 4 is 11.8 Å². The topological polar surface area (TPSA) is 105 Å². The van der Waals surface area contributed by atoms with Crippen molar-refractivity contribution in [3.63, 3.8) is 0 Å². The summed E-state index contributed by atoms with van der Waals surface area (Å²) in [6.07, 6.45) is -4.37. The second-order valence-electron chi connectivity index (χ2n) is 9.20. The van der Waals surface area contributed by atoms with Gasteiger partial charge in [-0.15, -0.1) is 0 Å². The lowest BCUT2D eigenvalue weighted by molar-refractivity contribution is -0.148. The summed E-state index contributed by atoms with van der Waals surface area (Å²) in [6, 6.07) is -0.484. The number of likely N-dealkylation sites (tertiary alicyclic amines) is 1. The number of benzene rings is 1. The van der Waals surface area contributed by atoms with E-state index >= 15 is 0 Å². The van der Waals surface area contributed by atoms with Gasteiger partial charge in [-0.25, -0.2) is 18.2 Å². The molecule has 0 spiro atoms. The van der Waals surface area contributed by atoms with E-state index in [1.807, 2.05) is 0 Å². The SMILES string of the molecule is N[C@@H](CC(=O)N1CCn2c(C(F)(F)F)nc(C(=O)N3CCC[C@@H]3CO)c2C1)Cc1cc(F)c(F)cc1F. The molecule has 8 nitrogen and oxygen atoms in total. The third-order valence-corrected chi connectivity index (χ3v) is 6.67. The van der Waals surface area contributed by atoms with E-state index in [1.54, 1.807) is 0 Å². The van der Waals surface area contributed by atoms with Crippen molar-refractivity contribution in [2.75, 3.05) is 19.7 Å². The van der Waals surface area contributed by atoms with Gasteiger partial charge in [0.05, 0.1) is 24.9 Å². The van der Waals surface area contributed by atoms with Gasteiger partial charge in [0.2, 0.25) is 11.7 Å². The molecule has 14 heteroatoms. The predicted octanol–water partition coefficient (Wildman–Crippen LogP) is 2.22. The maximum absolute atomic E-state index is 13.9. The maximum atomic E-state index is 13.9. The van der Waals surface area contributed by atoms with E-state index in [4.69, 9.17) is 5.73 Å². The van der Waals surface area contributed by atoms with Crippen molar-refractivity contribution in [3.05, 3.63) is 52.4 Å². The van der Waals surface area contributed by atoms with Crippen LogP contribution in [0, 0.1) is 17.5 Å². The first-order chi connectivity index (χ1) is 17.4.